The van der Waals surface area contributed by atoms with E-state index in [1.54, 1.807) is 13.2 Å². The molecule has 0 unspecified atom stereocenters. The maximum atomic E-state index is 13.8. The Bertz CT molecular complexity index is 933. The van der Waals surface area contributed by atoms with E-state index >= 15 is 0 Å². The Morgan fingerprint density at radius 3 is 2.64 bits per heavy atom. The Morgan fingerprint density at radius 1 is 1.21 bits per heavy atom. The summed E-state index contributed by atoms with van der Waals surface area (Å²) in [4.78, 5) is 15.6. The monoisotopic (exact) mass is 454 g/mol. The number of nitrogens with zero attached hydrogens (tertiary/aromatic N) is 1. The highest BCUT2D eigenvalue weighted by Crippen LogP contribution is 2.33. The highest BCUT2D eigenvalue weighted by Gasteiger charge is 2.42. The smallest absolute Gasteiger partial charge is 0.252 e. The summed E-state index contributed by atoms with van der Waals surface area (Å²) in [5.41, 5.74) is 1.79. The van der Waals surface area contributed by atoms with Crippen LogP contribution in [-0.4, -0.2) is 56.3 Å². The summed E-state index contributed by atoms with van der Waals surface area (Å²) >= 11 is 0. The van der Waals surface area contributed by atoms with Gasteiger partial charge in [0.25, 0.3) is 5.91 Å². The lowest BCUT2D eigenvalue weighted by Gasteiger charge is -2.31. The van der Waals surface area contributed by atoms with Crippen molar-refractivity contribution in [3.05, 3.63) is 53.8 Å². The fraction of sp³-hybridized carbons (Fsp3) is 0.519. The minimum Gasteiger partial charge on any atom is -0.496 e. The summed E-state index contributed by atoms with van der Waals surface area (Å²) in [6.07, 6.45) is 4.60. The predicted molar refractivity (Wildman–Crippen MR) is 128 cm³/mol. The lowest BCUT2D eigenvalue weighted by Crippen LogP contribution is -2.50. The van der Waals surface area contributed by atoms with Gasteiger partial charge in [0.2, 0.25) is 0 Å². The molecule has 0 aliphatic carbocycles. The van der Waals surface area contributed by atoms with Crippen molar-refractivity contribution in [3.8, 4) is 16.9 Å². The Kier molecular flexibility index (Phi) is 7.66. The van der Waals surface area contributed by atoms with Crippen LogP contribution in [-0.2, 0) is 16.0 Å². The summed E-state index contributed by atoms with van der Waals surface area (Å²) in [6.45, 7) is 6.68. The molecule has 178 valence electrons. The van der Waals surface area contributed by atoms with Gasteiger partial charge in [-0.05, 0) is 74.0 Å². The van der Waals surface area contributed by atoms with Gasteiger partial charge < -0.3 is 19.7 Å². The molecule has 2 aliphatic heterocycles. The molecule has 1 N–H and O–H groups in total. The Balaban J connectivity index is 1.39. The molecule has 2 aromatic carbocycles. The first-order valence-electron chi connectivity index (χ1n) is 12.1. The Morgan fingerprint density at radius 2 is 1.97 bits per heavy atom. The van der Waals surface area contributed by atoms with Gasteiger partial charge in [0.05, 0.1) is 7.11 Å². The van der Waals surface area contributed by atoms with Crippen molar-refractivity contribution in [2.45, 2.75) is 44.6 Å². The SMILES string of the molecule is COc1ccc(F)cc1-c1ccc(C[C@]2(C(=O)NCCN3CCC(C)CC3)CCCO2)cc1. The third-order valence-electron chi connectivity index (χ3n) is 7.02. The van der Waals surface area contributed by atoms with E-state index in [9.17, 15) is 9.18 Å². The van der Waals surface area contributed by atoms with Crippen LogP contribution in [0.4, 0.5) is 4.39 Å². The zero-order valence-corrected chi connectivity index (χ0v) is 19.7. The van der Waals surface area contributed by atoms with Gasteiger partial charge >= 0.3 is 0 Å². The van der Waals surface area contributed by atoms with E-state index in [1.807, 2.05) is 24.3 Å². The molecule has 33 heavy (non-hydrogen) atoms. The predicted octanol–water partition coefficient (Wildman–Crippen LogP) is 4.44. The molecule has 4 rings (SSSR count). The number of amides is 1. The molecular formula is C27H35FN2O3. The second kappa shape index (κ2) is 10.7. The molecule has 1 atom stereocenters. The third kappa shape index (κ3) is 5.74. The van der Waals surface area contributed by atoms with Crippen molar-refractivity contribution >= 4 is 5.91 Å². The van der Waals surface area contributed by atoms with Crippen molar-refractivity contribution in [1.82, 2.24) is 10.2 Å². The number of halogens is 1. The van der Waals surface area contributed by atoms with Gasteiger partial charge in [0.1, 0.15) is 11.6 Å². The van der Waals surface area contributed by atoms with Crippen LogP contribution in [0, 0.1) is 11.7 Å². The largest absolute Gasteiger partial charge is 0.496 e. The number of hydrogen-bond donors (Lipinski definition) is 1. The molecule has 0 saturated carbocycles. The molecule has 6 heteroatoms. The normalized spacial score (nSPS) is 21.8. The first-order chi connectivity index (χ1) is 16.0. The number of rotatable bonds is 8. The zero-order chi connectivity index (χ0) is 23.3. The lowest BCUT2D eigenvalue weighted by atomic mass is 9.89. The van der Waals surface area contributed by atoms with Gasteiger partial charge in [0, 0.05) is 31.7 Å². The van der Waals surface area contributed by atoms with Crippen LogP contribution < -0.4 is 10.1 Å². The summed E-state index contributed by atoms with van der Waals surface area (Å²) in [5, 5.41) is 3.14. The topological polar surface area (TPSA) is 50.8 Å². The van der Waals surface area contributed by atoms with E-state index < -0.39 is 5.60 Å². The van der Waals surface area contributed by atoms with Crippen LogP contribution in [0.1, 0.15) is 38.2 Å². The van der Waals surface area contributed by atoms with Gasteiger partial charge in [0.15, 0.2) is 5.60 Å². The molecule has 1 amide bonds. The van der Waals surface area contributed by atoms with Crippen molar-refractivity contribution < 1.29 is 18.7 Å². The molecule has 0 spiro atoms. The highest BCUT2D eigenvalue weighted by atomic mass is 19.1. The van der Waals surface area contributed by atoms with Crippen molar-refractivity contribution in [1.29, 1.82) is 0 Å². The van der Waals surface area contributed by atoms with Crippen LogP contribution in [0.25, 0.3) is 11.1 Å². The second-order valence-electron chi connectivity index (χ2n) is 9.44. The average Bonchev–Trinajstić information content (AvgIpc) is 3.30. The quantitative estimate of drug-likeness (QED) is 0.641. The third-order valence-corrected chi connectivity index (χ3v) is 7.02. The van der Waals surface area contributed by atoms with E-state index in [1.165, 1.54) is 25.0 Å². The van der Waals surface area contributed by atoms with Gasteiger partial charge in [-0.25, -0.2) is 4.39 Å². The molecule has 2 saturated heterocycles. The fourth-order valence-electron chi connectivity index (χ4n) is 4.91. The summed E-state index contributed by atoms with van der Waals surface area (Å²) in [7, 11) is 1.58. The van der Waals surface area contributed by atoms with Crippen LogP contribution in [0.2, 0.25) is 0 Å². The van der Waals surface area contributed by atoms with Crippen molar-refractivity contribution in [3.63, 3.8) is 0 Å². The molecule has 2 fully saturated rings. The number of nitrogens with one attached hydrogen (secondary N) is 1. The van der Waals surface area contributed by atoms with Crippen LogP contribution in [0.15, 0.2) is 42.5 Å². The van der Waals surface area contributed by atoms with E-state index in [2.05, 4.69) is 17.1 Å². The van der Waals surface area contributed by atoms with Crippen LogP contribution in [0.5, 0.6) is 5.75 Å². The number of benzene rings is 2. The molecule has 2 aliphatic rings. The maximum absolute atomic E-state index is 13.8. The molecule has 2 heterocycles. The number of methoxy groups -OCH3 is 1. The maximum Gasteiger partial charge on any atom is 0.252 e. The summed E-state index contributed by atoms with van der Waals surface area (Å²) in [5.74, 6) is 1.12. The van der Waals surface area contributed by atoms with Crippen molar-refractivity contribution in [2.24, 2.45) is 5.92 Å². The van der Waals surface area contributed by atoms with Crippen LogP contribution >= 0.6 is 0 Å². The molecule has 0 aromatic heterocycles. The number of carbonyl (C=O) groups is 1. The minimum absolute atomic E-state index is 0.0127. The fourth-order valence-corrected chi connectivity index (χ4v) is 4.91. The summed E-state index contributed by atoms with van der Waals surface area (Å²) < 4.78 is 25.2. The molecule has 0 bridgehead atoms. The Labute approximate surface area is 196 Å². The molecular weight excluding hydrogens is 419 g/mol. The van der Waals surface area contributed by atoms with E-state index in [-0.39, 0.29) is 11.7 Å². The van der Waals surface area contributed by atoms with Gasteiger partial charge in [-0.15, -0.1) is 0 Å². The van der Waals surface area contributed by atoms with E-state index in [4.69, 9.17) is 9.47 Å². The van der Waals surface area contributed by atoms with Crippen molar-refractivity contribution in [2.75, 3.05) is 39.9 Å². The van der Waals surface area contributed by atoms with Gasteiger partial charge in [-0.3, -0.25) is 4.79 Å². The zero-order valence-electron chi connectivity index (χ0n) is 19.7. The average molecular weight is 455 g/mol. The van der Waals surface area contributed by atoms with E-state index in [0.717, 1.165) is 49.5 Å². The van der Waals surface area contributed by atoms with Gasteiger partial charge in [-0.2, -0.15) is 0 Å². The number of likely N-dealkylation sites (tertiary alicyclic amines) is 1. The molecule has 2 aromatic rings. The molecule has 5 nitrogen and oxygen atoms in total. The first-order valence-corrected chi connectivity index (χ1v) is 12.1. The second-order valence-corrected chi connectivity index (χ2v) is 9.44. The number of piperidine rings is 1. The summed E-state index contributed by atoms with van der Waals surface area (Å²) in [6, 6.07) is 12.4. The van der Waals surface area contributed by atoms with Gasteiger partial charge in [-0.1, -0.05) is 31.2 Å². The van der Waals surface area contributed by atoms with E-state index in [0.29, 0.717) is 30.9 Å². The standard InChI is InChI=1S/C27H35FN2O3/c1-20-10-14-30(15-11-20)16-13-29-26(31)27(12-3-17-33-27)19-21-4-6-22(7-5-21)24-18-23(28)8-9-25(24)32-2/h4-9,18,20H,3,10-17,19H2,1-2H3,(H,29,31)/t27-/m0/s1. The first kappa shape index (κ1) is 23.7. The number of hydrogen-bond acceptors (Lipinski definition) is 4. The van der Waals surface area contributed by atoms with Crippen LogP contribution in [0.3, 0.4) is 0 Å². The molecule has 0 radical (unpaired) electrons. The number of ether oxygens (including phenoxy) is 2. The number of carbonyl (C=O) groups excluding carboxylic acids is 1. The highest BCUT2D eigenvalue weighted by molar-refractivity contribution is 5.86. The lowest BCUT2D eigenvalue weighted by molar-refractivity contribution is -0.141. The minimum atomic E-state index is -0.811. The Hall–Kier alpha value is -2.44.